The van der Waals surface area contributed by atoms with E-state index in [0.29, 0.717) is 17.5 Å². The number of rotatable bonds is 4. The van der Waals surface area contributed by atoms with E-state index < -0.39 is 12.6 Å². The molecule has 0 bridgehead atoms. The minimum Gasteiger partial charge on any atom is -0.326 e. The van der Waals surface area contributed by atoms with Gasteiger partial charge in [0.05, 0.1) is 10.7 Å². The van der Waals surface area contributed by atoms with Crippen molar-refractivity contribution in [3.05, 3.63) is 15.6 Å². The summed E-state index contributed by atoms with van der Waals surface area (Å²) in [6.07, 6.45) is -2.73. The number of hydrogen-bond acceptors (Lipinski definition) is 3. The molecule has 1 aromatic heterocycles. The predicted molar refractivity (Wildman–Crippen MR) is 56.4 cm³/mol. The van der Waals surface area contributed by atoms with Gasteiger partial charge in [0, 0.05) is 30.2 Å². The van der Waals surface area contributed by atoms with Gasteiger partial charge in [0.1, 0.15) is 0 Å². The Morgan fingerprint density at radius 3 is 2.56 bits per heavy atom. The summed E-state index contributed by atoms with van der Waals surface area (Å²) >= 11 is 1.33. The number of nitrogens with two attached hydrogens (primary N) is 1. The van der Waals surface area contributed by atoms with Crippen molar-refractivity contribution in [3.8, 4) is 0 Å². The van der Waals surface area contributed by atoms with Crippen LogP contribution < -0.4 is 5.73 Å². The number of hydrogen-bond donors (Lipinski definition) is 1. The molecular weight excluding hydrogens is 237 g/mol. The average molecular weight is 250 g/mol. The summed E-state index contributed by atoms with van der Waals surface area (Å²) in [5, 5.41) is 0.569. The Morgan fingerprint density at radius 1 is 1.38 bits per heavy atom. The van der Waals surface area contributed by atoms with Gasteiger partial charge in [-0.2, -0.15) is 13.2 Å². The van der Waals surface area contributed by atoms with E-state index in [0.717, 1.165) is 23.4 Å². The Morgan fingerprint density at radius 2 is 2.06 bits per heavy atom. The standard InChI is InChI=1S/C10H13F3N2S/c11-10(12,13)4-3-8-15-9(6-1-2-6)7(5-14)16-8/h6H,1-5,14H2. The van der Waals surface area contributed by atoms with Crippen LogP contribution in [-0.4, -0.2) is 11.2 Å². The highest BCUT2D eigenvalue weighted by Gasteiger charge is 2.31. The molecule has 1 aromatic rings. The third-order valence-electron chi connectivity index (χ3n) is 2.54. The molecule has 1 fully saturated rings. The third-order valence-corrected chi connectivity index (χ3v) is 3.70. The lowest BCUT2D eigenvalue weighted by Crippen LogP contribution is -2.08. The molecule has 2 nitrogen and oxygen atoms in total. The number of nitrogens with zero attached hydrogens (tertiary/aromatic N) is 1. The topological polar surface area (TPSA) is 38.9 Å². The lowest BCUT2D eigenvalue weighted by Gasteiger charge is -2.02. The van der Waals surface area contributed by atoms with E-state index in [1.165, 1.54) is 11.3 Å². The first-order valence-electron chi connectivity index (χ1n) is 5.25. The molecule has 0 unspecified atom stereocenters. The summed E-state index contributed by atoms with van der Waals surface area (Å²) in [7, 11) is 0. The van der Waals surface area contributed by atoms with Crippen molar-refractivity contribution >= 4 is 11.3 Å². The molecule has 0 amide bonds. The summed E-state index contributed by atoms with van der Waals surface area (Å²) < 4.78 is 36.2. The van der Waals surface area contributed by atoms with E-state index in [-0.39, 0.29) is 6.42 Å². The zero-order valence-corrected chi connectivity index (χ0v) is 9.50. The molecule has 0 atom stereocenters. The minimum absolute atomic E-state index is 0.0200. The first-order chi connectivity index (χ1) is 7.49. The molecule has 16 heavy (non-hydrogen) atoms. The maximum absolute atomic E-state index is 12.1. The highest BCUT2D eigenvalue weighted by Crippen LogP contribution is 2.42. The zero-order valence-electron chi connectivity index (χ0n) is 8.68. The van der Waals surface area contributed by atoms with Crippen molar-refractivity contribution in [1.29, 1.82) is 0 Å². The van der Waals surface area contributed by atoms with Gasteiger partial charge in [-0.1, -0.05) is 0 Å². The van der Waals surface area contributed by atoms with Crippen LogP contribution in [-0.2, 0) is 13.0 Å². The van der Waals surface area contributed by atoms with E-state index in [2.05, 4.69) is 4.98 Å². The molecule has 0 spiro atoms. The Labute approximate surface area is 95.7 Å². The fraction of sp³-hybridized carbons (Fsp3) is 0.700. The first kappa shape index (κ1) is 11.9. The fourth-order valence-electron chi connectivity index (χ4n) is 1.59. The van der Waals surface area contributed by atoms with E-state index in [4.69, 9.17) is 5.73 Å². The van der Waals surface area contributed by atoms with Crippen LogP contribution in [0.3, 0.4) is 0 Å². The maximum atomic E-state index is 12.1. The normalized spacial score (nSPS) is 16.8. The van der Waals surface area contributed by atoms with Gasteiger partial charge in [-0.05, 0) is 12.8 Å². The number of thiazole rings is 1. The van der Waals surface area contributed by atoms with Crippen LogP contribution in [0.1, 0.15) is 40.8 Å². The van der Waals surface area contributed by atoms with Crippen LogP contribution >= 0.6 is 11.3 Å². The number of halogens is 3. The van der Waals surface area contributed by atoms with Gasteiger partial charge in [-0.3, -0.25) is 0 Å². The second-order valence-electron chi connectivity index (χ2n) is 4.01. The summed E-state index contributed by atoms with van der Waals surface area (Å²) in [6, 6.07) is 0. The van der Waals surface area contributed by atoms with Gasteiger partial charge in [-0.25, -0.2) is 4.98 Å². The highest BCUT2D eigenvalue weighted by molar-refractivity contribution is 7.11. The van der Waals surface area contributed by atoms with Crippen LogP contribution in [0, 0.1) is 0 Å². The molecule has 1 aliphatic carbocycles. The Hall–Kier alpha value is -0.620. The largest absolute Gasteiger partial charge is 0.389 e. The van der Waals surface area contributed by atoms with Crippen LogP contribution in [0.25, 0.3) is 0 Å². The summed E-state index contributed by atoms with van der Waals surface area (Å²) in [6.45, 7) is 0.384. The van der Waals surface area contributed by atoms with Crippen LogP contribution in [0.4, 0.5) is 13.2 Å². The molecule has 90 valence electrons. The van der Waals surface area contributed by atoms with E-state index in [9.17, 15) is 13.2 Å². The number of aryl methyl sites for hydroxylation is 1. The summed E-state index contributed by atoms with van der Waals surface area (Å²) in [5.41, 5.74) is 6.51. The molecule has 2 rings (SSSR count). The van der Waals surface area contributed by atoms with Gasteiger partial charge >= 0.3 is 6.18 Å². The molecule has 1 aliphatic rings. The third kappa shape index (κ3) is 2.95. The quantitative estimate of drug-likeness (QED) is 0.892. The van der Waals surface area contributed by atoms with E-state index in [1.54, 1.807) is 0 Å². The molecule has 0 aromatic carbocycles. The Balaban J connectivity index is 2.04. The zero-order chi connectivity index (χ0) is 11.8. The number of alkyl halides is 3. The second-order valence-corrected chi connectivity index (χ2v) is 5.18. The van der Waals surface area contributed by atoms with Gasteiger partial charge in [-0.15, -0.1) is 11.3 Å². The van der Waals surface area contributed by atoms with E-state index >= 15 is 0 Å². The van der Waals surface area contributed by atoms with Crippen LogP contribution in [0.5, 0.6) is 0 Å². The first-order valence-corrected chi connectivity index (χ1v) is 6.06. The fourth-order valence-corrected chi connectivity index (χ4v) is 2.62. The maximum Gasteiger partial charge on any atom is 0.389 e. The van der Waals surface area contributed by atoms with Crippen molar-refractivity contribution < 1.29 is 13.2 Å². The van der Waals surface area contributed by atoms with Crippen molar-refractivity contribution in [3.63, 3.8) is 0 Å². The van der Waals surface area contributed by atoms with Gasteiger partial charge in [0.15, 0.2) is 0 Å². The lowest BCUT2D eigenvalue weighted by atomic mass is 10.2. The molecule has 1 heterocycles. The molecule has 0 saturated heterocycles. The smallest absolute Gasteiger partial charge is 0.326 e. The molecular formula is C10H13F3N2S. The second kappa shape index (κ2) is 4.33. The predicted octanol–water partition coefficient (Wildman–Crippen LogP) is 2.97. The van der Waals surface area contributed by atoms with Gasteiger partial charge in [0.2, 0.25) is 0 Å². The van der Waals surface area contributed by atoms with Crippen LogP contribution in [0.15, 0.2) is 0 Å². The molecule has 0 radical (unpaired) electrons. The SMILES string of the molecule is NCc1sc(CCC(F)(F)F)nc1C1CC1. The average Bonchev–Trinajstić information content (AvgIpc) is 2.95. The van der Waals surface area contributed by atoms with Gasteiger partial charge < -0.3 is 5.73 Å². The molecule has 2 N–H and O–H groups in total. The van der Waals surface area contributed by atoms with Gasteiger partial charge in [0.25, 0.3) is 0 Å². The molecule has 1 saturated carbocycles. The molecule has 0 aliphatic heterocycles. The van der Waals surface area contributed by atoms with Crippen molar-refractivity contribution in [2.45, 2.75) is 44.3 Å². The number of aromatic nitrogens is 1. The Kier molecular flexibility index (Phi) is 3.21. The van der Waals surface area contributed by atoms with Crippen LogP contribution in [0.2, 0.25) is 0 Å². The molecule has 6 heteroatoms. The summed E-state index contributed by atoms with van der Waals surface area (Å²) in [4.78, 5) is 5.24. The summed E-state index contributed by atoms with van der Waals surface area (Å²) in [5.74, 6) is 0.453. The highest BCUT2D eigenvalue weighted by atomic mass is 32.1. The lowest BCUT2D eigenvalue weighted by molar-refractivity contribution is -0.134. The monoisotopic (exact) mass is 250 g/mol. The Bertz CT molecular complexity index is 369. The van der Waals surface area contributed by atoms with E-state index in [1.807, 2.05) is 0 Å². The van der Waals surface area contributed by atoms with Crippen molar-refractivity contribution in [2.75, 3.05) is 0 Å². The minimum atomic E-state index is -4.10. The van der Waals surface area contributed by atoms with Crippen molar-refractivity contribution in [1.82, 2.24) is 4.98 Å². The van der Waals surface area contributed by atoms with Crippen molar-refractivity contribution in [2.24, 2.45) is 5.73 Å².